The summed E-state index contributed by atoms with van der Waals surface area (Å²) in [6.07, 6.45) is 7.99. The second-order valence-electron chi connectivity index (χ2n) is 7.41. The fourth-order valence-electron chi connectivity index (χ4n) is 4.39. The Morgan fingerprint density at radius 2 is 2.17 bits per heavy atom. The first-order chi connectivity index (χ1) is 11.2. The number of likely N-dealkylation sites (tertiary alicyclic amines) is 1. The summed E-state index contributed by atoms with van der Waals surface area (Å²) in [6, 6.07) is 3.68. The molecule has 0 bridgehead atoms. The number of carbonyl (C=O) groups excluding carboxylic acids is 2. The molecule has 2 saturated carbocycles. The number of hydrogen-bond acceptors (Lipinski definition) is 3. The average molecular weight is 316 g/mol. The van der Waals surface area contributed by atoms with E-state index in [1.807, 2.05) is 17.0 Å². The minimum absolute atomic E-state index is 0.0571. The van der Waals surface area contributed by atoms with Gasteiger partial charge < -0.3 is 14.6 Å². The number of rotatable bonds is 4. The Kier molecular flexibility index (Phi) is 3.66. The van der Waals surface area contributed by atoms with Crippen LogP contribution in [-0.4, -0.2) is 29.8 Å². The van der Waals surface area contributed by atoms with Gasteiger partial charge in [0.2, 0.25) is 11.8 Å². The van der Waals surface area contributed by atoms with Crippen LogP contribution in [0.15, 0.2) is 22.8 Å². The Morgan fingerprint density at radius 3 is 2.91 bits per heavy atom. The number of carbonyl (C=O) groups is 2. The fraction of sp³-hybridized carbons (Fsp3) is 0.667. The molecule has 1 aliphatic heterocycles. The van der Waals surface area contributed by atoms with Crippen molar-refractivity contribution in [3.63, 3.8) is 0 Å². The highest BCUT2D eigenvalue weighted by Gasteiger charge is 2.61. The van der Waals surface area contributed by atoms with Gasteiger partial charge in [0.1, 0.15) is 5.76 Å². The normalized spacial score (nSPS) is 30.1. The molecule has 5 nitrogen and oxygen atoms in total. The third-order valence-electron chi connectivity index (χ3n) is 5.92. The Bertz CT molecular complexity index is 591. The summed E-state index contributed by atoms with van der Waals surface area (Å²) in [6.45, 7) is 2.06. The van der Waals surface area contributed by atoms with Crippen LogP contribution < -0.4 is 5.32 Å². The molecule has 2 amide bonds. The van der Waals surface area contributed by atoms with Gasteiger partial charge in [-0.25, -0.2) is 0 Å². The van der Waals surface area contributed by atoms with Crippen LogP contribution in [0.3, 0.4) is 0 Å². The second-order valence-corrected chi connectivity index (χ2v) is 7.41. The number of nitrogens with zero attached hydrogens (tertiary/aromatic N) is 1. The molecular weight excluding hydrogens is 292 g/mol. The molecule has 1 spiro atoms. The molecular formula is C18H24N2O3. The maximum Gasteiger partial charge on any atom is 0.225 e. The molecule has 1 aromatic heterocycles. The van der Waals surface area contributed by atoms with Crippen molar-refractivity contribution in [1.82, 2.24) is 10.2 Å². The third-order valence-corrected chi connectivity index (χ3v) is 5.92. The smallest absolute Gasteiger partial charge is 0.225 e. The molecule has 1 saturated heterocycles. The Labute approximate surface area is 136 Å². The van der Waals surface area contributed by atoms with Gasteiger partial charge in [0.05, 0.1) is 12.8 Å². The number of hydrogen-bond donors (Lipinski definition) is 1. The van der Waals surface area contributed by atoms with Crippen molar-refractivity contribution in [2.45, 2.75) is 45.1 Å². The Balaban J connectivity index is 1.29. The monoisotopic (exact) mass is 316 g/mol. The van der Waals surface area contributed by atoms with Gasteiger partial charge in [0.25, 0.3) is 0 Å². The van der Waals surface area contributed by atoms with Crippen LogP contribution in [0, 0.1) is 17.3 Å². The maximum absolute atomic E-state index is 12.5. The van der Waals surface area contributed by atoms with Gasteiger partial charge in [-0.1, -0.05) is 12.8 Å². The summed E-state index contributed by atoms with van der Waals surface area (Å²) in [5.41, 5.74) is 0.0571. The first-order valence-corrected chi connectivity index (χ1v) is 8.77. The molecule has 0 radical (unpaired) electrons. The van der Waals surface area contributed by atoms with Crippen LogP contribution in [0.25, 0.3) is 0 Å². The van der Waals surface area contributed by atoms with E-state index in [9.17, 15) is 9.59 Å². The third kappa shape index (κ3) is 2.77. The summed E-state index contributed by atoms with van der Waals surface area (Å²) >= 11 is 0. The summed E-state index contributed by atoms with van der Waals surface area (Å²) < 4.78 is 5.24. The molecule has 124 valence electrons. The molecule has 4 rings (SSSR count). The van der Waals surface area contributed by atoms with E-state index in [4.69, 9.17) is 4.42 Å². The lowest BCUT2D eigenvalue weighted by molar-refractivity contribution is -0.134. The number of amides is 2. The zero-order valence-electron chi connectivity index (χ0n) is 13.4. The van der Waals surface area contributed by atoms with Crippen molar-refractivity contribution in [2.75, 3.05) is 13.1 Å². The highest BCUT2D eigenvalue weighted by molar-refractivity contribution is 5.84. The lowest BCUT2D eigenvalue weighted by atomic mass is 10.0. The van der Waals surface area contributed by atoms with E-state index < -0.39 is 0 Å². The van der Waals surface area contributed by atoms with Gasteiger partial charge >= 0.3 is 0 Å². The van der Waals surface area contributed by atoms with Crippen LogP contribution in [0.2, 0.25) is 0 Å². The summed E-state index contributed by atoms with van der Waals surface area (Å²) in [7, 11) is 0. The maximum atomic E-state index is 12.5. The minimum atomic E-state index is 0.0571. The van der Waals surface area contributed by atoms with E-state index in [1.54, 1.807) is 6.26 Å². The van der Waals surface area contributed by atoms with Crippen molar-refractivity contribution in [3.8, 4) is 0 Å². The summed E-state index contributed by atoms with van der Waals surface area (Å²) in [5, 5.41) is 2.96. The predicted octanol–water partition coefficient (Wildman–Crippen LogP) is 2.32. The van der Waals surface area contributed by atoms with Crippen LogP contribution in [0.1, 0.15) is 44.3 Å². The molecule has 3 fully saturated rings. The standard InChI is InChI=1S/C18H24N2O3/c21-16(19-11-14-6-3-9-23-14)15-10-18(15)7-8-20(12-18)17(22)13-4-1-2-5-13/h3,6,9,13,15H,1-2,4-5,7-8,10-12H2,(H,19,21)/t15-,18+/m1/s1. The minimum Gasteiger partial charge on any atom is -0.467 e. The lowest BCUT2D eigenvalue weighted by Crippen LogP contribution is -2.34. The molecule has 0 unspecified atom stereocenters. The number of nitrogens with one attached hydrogen (secondary N) is 1. The van der Waals surface area contributed by atoms with Crippen LogP contribution in [0.4, 0.5) is 0 Å². The van der Waals surface area contributed by atoms with Gasteiger partial charge in [-0.3, -0.25) is 9.59 Å². The zero-order chi connectivity index (χ0) is 15.9. The highest BCUT2D eigenvalue weighted by Crippen LogP contribution is 2.58. The molecule has 1 aromatic rings. The van der Waals surface area contributed by atoms with Crippen LogP contribution in [-0.2, 0) is 16.1 Å². The zero-order valence-corrected chi connectivity index (χ0v) is 13.4. The summed E-state index contributed by atoms with van der Waals surface area (Å²) in [4.78, 5) is 26.9. The predicted molar refractivity (Wildman–Crippen MR) is 84.2 cm³/mol. The van der Waals surface area contributed by atoms with E-state index in [2.05, 4.69) is 5.32 Å². The van der Waals surface area contributed by atoms with Gasteiger partial charge in [-0.05, 0) is 37.8 Å². The fourth-order valence-corrected chi connectivity index (χ4v) is 4.39. The second kappa shape index (κ2) is 5.69. The van der Waals surface area contributed by atoms with Crippen molar-refractivity contribution in [1.29, 1.82) is 0 Å². The van der Waals surface area contributed by atoms with Gasteiger partial charge in [0.15, 0.2) is 0 Å². The molecule has 2 aliphatic carbocycles. The van der Waals surface area contributed by atoms with Crippen molar-refractivity contribution >= 4 is 11.8 Å². The topological polar surface area (TPSA) is 62.6 Å². The molecule has 1 N–H and O–H groups in total. The first kappa shape index (κ1) is 14.8. The van der Waals surface area contributed by atoms with Gasteiger partial charge in [-0.15, -0.1) is 0 Å². The number of furan rings is 1. The first-order valence-electron chi connectivity index (χ1n) is 8.77. The van der Waals surface area contributed by atoms with E-state index in [-0.39, 0.29) is 23.2 Å². The molecule has 2 heterocycles. The lowest BCUT2D eigenvalue weighted by Gasteiger charge is -2.20. The van der Waals surface area contributed by atoms with E-state index in [1.165, 1.54) is 12.8 Å². The van der Waals surface area contributed by atoms with Gasteiger partial charge in [-0.2, -0.15) is 0 Å². The van der Waals surface area contributed by atoms with E-state index >= 15 is 0 Å². The van der Waals surface area contributed by atoms with Crippen molar-refractivity contribution < 1.29 is 14.0 Å². The van der Waals surface area contributed by atoms with Crippen molar-refractivity contribution in [2.24, 2.45) is 17.3 Å². The molecule has 3 aliphatic rings. The highest BCUT2D eigenvalue weighted by atomic mass is 16.3. The van der Waals surface area contributed by atoms with Gasteiger partial charge in [0, 0.05) is 30.3 Å². The summed E-state index contributed by atoms with van der Waals surface area (Å²) in [5.74, 6) is 1.53. The van der Waals surface area contributed by atoms with E-state index in [0.717, 1.165) is 44.5 Å². The Hall–Kier alpha value is -1.78. The van der Waals surface area contributed by atoms with E-state index in [0.29, 0.717) is 12.5 Å². The molecule has 23 heavy (non-hydrogen) atoms. The Morgan fingerprint density at radius 1 is 1.35 bits per heavy atom. The van der Waals surface area contributed by atoms with Crippen LogP contribution in [0.5, 0.6) is 0 Å². The molecule has 2 atom stereocenters. The quantitative estimate of drug-likeness (QED) is 0.927. The van der Waals surface area contributed by atoms with Crippen molar-refractivity contribution in [3.05, 3.63) is 24.2 Å². The molecule has 5 heteroatoms. The molecule has 0 aromatic carbocycles. The SMILES string of the molecule is O=C(NCc1ccco1)[C@H]1C[C@]12CCN(C(=O)C1CCCC1)C2. The largest absolute Gasteiger partial charge is 0.467 e. The van der Waals surface area contributed by atoms with Crippen LogP contribution >= 0.6 is 0 Å². The average Bonchev–Trinajstić information content (AvgIpc) is 3.07.